The molecule has 0 amide bonds. The lowest BCUT2D eigenvalue weighted by atomic mass is 10.1. The van der Waals surface area contributed by atoms with Crippen molar-refractivity contribution in [2.45, 2.75) is 38.3 Å². The molecule has 4 heteroatoms. The van der Waals surface area contributed by atoms with Gasteiger partial charge in [-0.3, -0.25) is 0 Å². The molecule has 1 aromatic carbocycles. The summed E-state index contributed by atoms with van der Waals surface area (Å²) in [6, 6.07) is 9.47. The highest BCUT2D eigenvalue weighted by Gasteiger charge is 2.25. The molecule has 1 aromatic rings. The van der Waals surface area contributed by atoms with Crippen LogP contribution in [-0.2, 0) is 4.74 Å². The summed E-state index contributed by atoms with van der Waals surface area (Å²) in [5, 5.41) is 28.9. The summed E-state index contributed by atoms with van der Waals surface area (Å²) in [6.45, 7) is 3.28. The molecular formula is C15H22O4. The first kappa shape index (κ1) is 15.9. The SMILES string of the molecule is CC(C)O[C@@H](CO)[C@@H](O)C(O)/C=C/c1ccccc1. The van der Waals surface area contributed by atoms with Crippen LogP contribution in [0.5, 0.6) is 0 Å². The monoisotopic (exact) mass is 266 g/mol. The molecule has 0 saturated carbocycles. The van der Waals surface area contributed by atoms with E-state index in [2.05, 4.69) is 0 Å². The van der Waals surface area contributed by atoms with Crippen LogP contribution < -0.4 is 0 Å². The Bertz CT molecular complexity index is 375. The van der Waals surface area contributed by atoms with E-state index in [0.717, 1.165) is 5.56 Å². The van der Waals surface area contributed by atoms with Crippen molar-refractivity contribution in [1.29, 1.82) is 0 Å². The van der Waals surface area contributed by atoms with Crippen LogP contribution >= 0.6 is 0 Å². The van der Waals surface area contributed by atoms with Crippen molar-refractivity contribution in [1.82, 2.24) is 0 Å². The zero-order valence-corrected chi connectivity index (χ0v) is 11.3. The van der Waals surface area contributed by atoms with Crippen molar-refractivity contribution in [2.24, 2.45) is 0 Å². The number of benzene rings is 1. The fourth-order valence-corrected chi connectivity index (χ4v) is 1.69. The molecule has 1 unspecified atom stereocenters. The minimum absolute atomic E-state index is 0.128. The number of ether oxygens (including phenoxy) is 1. The van der Waals surface area contributed by atoms with Gasteiger partial charge in [0.25, 0.3) is 0 Å². The van der Waals surface area contributed by atoms with E-state index >= 15 is 0 Å². The average molecular weight is 266 g/mol. The zero-order valence-electron chi connectivity index (χ0n) is 11.3. The van der Waals surface area contributed by atoms with Gasteiger partial charge in [-0.15, -0.1) is 0 Å². The van der Waals surface area contributed by atoms with Crippen LogP contribution in [0.2, 0.25) is 0 Å². The largest absolute Gasteiger partial charge is 0.394 e. The van der Waals surface area contributed by atoms with Crippen LogP contribution in [0.15, 0.2) is 36.4 Å². The van der Waals surface area contributed by atoms with Gasteiger partial charge < -0.3 is 20.1 Å². The standard InChI is InChI=1S/C15H22O4/c1-11(2)19-14(10-16)15(18)13(17)9-8-12-6-4-3-5-7-12/h3-9,11,13-18H,10H2,1-2H3/b9-8+/t13?,14-,15-/m0/s1. The van der Waals surface area contributed by atoms with Crippen LogP contribution in [0.3, 0.4) is 0 Å². The molecule has 0 saturated heterocycles. The zero-order chi connectivity index (χ0) is 14.3. The van der Waals surface area contributed by atoms with Crippen molar-refractivity contribution >= 4 is 6.08 Å². The van der Waals surface area contributed by atoms with Crippen LogP contribution in [0, 0.1) is 0 Å². The molecule has 0 aromatic heterocycles. The molecule has 0 aliphatic carbocycles. The Kier molecular flexibility index (Phi) is 6.73. The Labute approximate surface area is 114 Å². The van der Waals surface area contributed by atoms with Crippen molar-refractivity contribution < 1.29 is 20.1 Å². The van der Waals surface area contributed by atoms with Crippen LogP contribution in [0.4, 0.5) is 0 Å². The number of aliphatic hydroxyl groups is 3. The lowest BCUT2D eigenvalue weighted by molar-refractivity contribution is -0.114. The predicted molar refractivity (Wildman–Crippen MR) is 74.6 cm³/mol. The Morgan fingerprint density at radius 3 is 2.32 bits per heavy atom. The molecule has 0 aliphatic heterocycles. The van der Waals surface area contributed by atoms with E-state index in [-0.39, 0.29) is 12.7 Å². The molecule has 0 fully saturated rings. The minimum Gasteiger partial charge on any atom is -0.394 e. The molecule has 3 N–H and O–H groups in total. The maximum Gasteiger partial charge on any atom is 0.112 e. The topological polar surface area (TPSA) is 69.9 Å². The molecule has 4 nitrogen and oxygen atoms in total. The maximum absolute atomic E-state index is 9.92. The van der Waals surface area contributed by atoms with E-state index in [1.807, 2.05) is 44.2 Å². The van der Waals surface area contributed by atoms with Gasteiger partial charge in [0.15, 0.2) is 0 Å². The first-order valence-electron chi connectivity index (χ1n) is 6.40. The molecule has 19 heavy (non-hydrogen) atoms. The average Bonchev–Trinajstić information content (AvgIpc) is 2.42. The van der Waals surface area contributed by atoms with Gasteiger partial charge in [0.05, 0.1) is 12.7 Å². The molecule has 0 heterocycles. The molecule has 1 rings (SSSR count). The summed E-state index contributed by atoms with van der Waals surface area (Å²) in [6.07, 6.45) is 0.0420. The second-order valence-electron chi connectivity index (χ2n) is 4.66. The highest BCUT2D eigenvalue weighted by molar-refractivity contribution is 5.49. The quantitative estimate of drug-likeness (QED) is 0.694. The molecule has 3 atom stereocenters. The summed E-state index contributed by atoms with van der Waals surface area (Å²) in [5.41, 5.74) is 0.930. The summed E-state index contributed by atoms with van der Waals surface area (Å²) in [5.74, 6) is 0. The smallest absolute Gasteiger partial charge is 0.112 e. The van der Waals surface area contributed by atoms with Crippen molar-refractivity contribution in [3.05, 3.63) is 42.0 Å². The lowest BCUT2D eigenvalue weighted by Gasteiger charge is -2.25. The van der Waals surface area contributed by atoms with E-state index < -0.39 is 18.3 Å². The summed E-state index contributed by atoms with van der Waals surface area (Å²) in [4.78, 5) is 0. The molecule has 0 radical (unpaired) electrons. The van der Waals surface area contributed by atoms with Gasteiger partial charge in [0, 0.05) is 0 Å². The first-order valence-corrected chi connectivity index (χ1v) is 6.40. The van der Waals surface area contributed by atoms with Crippen molar-refractivity contribution in [3.8, 4) is 0 Å². The summed E-state index contributed by atoms with van der Waals surface area (Å²) >= 11 is 0. The van der Waals surface area contributed by atoms with Crippen molar-refractivity contribution in [3.63, 3.8) is 0 Å². The molecule has 0 spiro atoms. The molecule has 106 valence electrons. The Balaban J connectivity index is 2.60. The Morgan fingerprint density at radius 2 is 1.79 bits per heavy atom. The summed E-state index contributed by atoms with van der Waals surface area (Å²) < 4.78 is 5.34. The maximum atomic E-state index is 9.92. The van der Waals surface area contributed by atoms with Gasteiger partial charge in [0.2, 0.25) is 0 Å². The van der Waals surface area contributed by atoms with Crippen molar-refractivity contribution in [2.75, 3.05) is 6.61 Å². The van der Waals surface area contributed by atoms with Crippen LogP contribution in [0.25, 0.3) is 6.08 Å². The fourth-order valence-electron chi connectivity index (χ4n) is 1.69. The van der Waals surface area contributed by atoms with Gasteiger partial charge in [-0.1, -0.05) is 42.5 Å². The van der Waals surface area contributed by atoms with E-state index in [1.54, 1.807) is 6.08 Å². The first-order chi connectivity index (χ1) is 9.04. The molecular weight excluding hydrogens is 244 g/mol. The van der Waals surface area contributed by atoms with Gasteiger partial charge in [-0.05, 0) is 19.4 Å². The van der Waals surface area contributed by atoms with E-state index in [4.69, 9.17) is 9.84 Å². The Hall–Kier alpha value is -1.20. The fraction of sp³-hybridized carbons (Fsp3) is 0.467. The lowest BCUT2D eigenvalue weighted by Crippen LogP contribution is -2.41. The normalized spacial score (nSPS) is 16.7. The van der Waals surface area contributed by atoms with Gasteiger partial charge in [-0.25, -0.2) is 0 Å². The van der Waals surface area contributed by atoms with Gasteiger partial charge in [-0.2, -0.15) is 0 Å². The highest BCUT2D eigenvalue weighted by Crippen LogP contribution is 2.10. The number of rotatable bonds is 7. The van der Waals surface area contributed by atoms with E-state index in [0.29, 0.717) is 0 Å². The number of hydrogen-bond donors (Lipinski definition) is 3. The van der Waals surface area contributed by atoms with Crippen LogP contribution in [0.1, 0.15) is 19.4 Å². The summed E-state index contributed by atoms with van der Waals surface area (Å²) in [7, 11) is 0. The highest BCUT2D eigenvalue weighted by atomic mass is 16.5. The third-order valence-corrected chi connectivity index (χ3v) is 2.64. The van der Waals surface area contributed by atoms with Gasteiger partial charge in [0.1, 0.15) is 18.3 Å². The third-order valence-electron chi connectivity index (χ3n) is 2.64. The number of aliphatic hydroxyl groups excluding tert-OH is 3. The third kappa shape index (κ3) is 5.53. The molecule has 0 aliphatic rings. The second-order valence-corrected chi connectivity index (χ2v) is 4.66. The van der Waals surface area contributed by atoms with Crippen LogP contribution in [-0.4, -0.2) is 46.3 Å². The number of hydrogen-bond acceptors (Lipinski definition) is 4. The minimum atomic E-state index is -1.16. The van der Waals surface area contributed by atoms with Gasteiger partial charge >= 0.3 is 0 Å². The molecule has 0 bridgehead atoms. The van der Waals surface area contributed by atoms with E-state index in [1.165, 1.54) is 6.08 Å². The van der Waals surface area contributed by atoms with E-state index in [9.17, 15) is 10.2 Å². The second kappa shape index (κ2) is 8.07. The Morgan fingerprint density at radius 1 is 1.16 bits per heavy atom. The predicted octanol–water partition coefficient (Wildman–Crippen LogP) is 1.21.